The van der Waals surface area contributed by atoms with Gasteiger partial charge >= 0.3 is 0 Å². The van der Waals surface area contributed by atoms with Crippen molar-refractivity contribution in [3.63, 3.8) is 0 Å². The summed E-state index contributed by atoms with van der Waals surface area (Å²) >= 11 is 1.31. The number of likely N-dealkylation sites (tertiary alicyclic amines) is 1. The van der Waals surface area contributed by atoms with Crippen LogP contribution in [-0.4, -0.2) is 132 Å². The molecule has 1 fully saturated rings. The lowest BCUT2D eigenvalue weighted by Gasteiger charge is -2.26. The fourth-order valence-corrected chi connectivity index (χ4v) is 7.56. The van der Waals surface area contributed by atoms with E-state index >= 15 is 0 Å². The Balaban J connectivity index is 2.84. The summed E-state index contributed by atoms with van der Waals surface area (Å²) in [6, 6.07) is -3.27. The van der Waals surface area contributed by atoms with Crippen LogP contribution < -0.4 is 44.2 Å². The highest BCUT2D eigenvalue weighted by Gasteiger charge is 2.35. The molecule has 0 aromatic heterocycles. The molecular formula is C41H71N11O9S. The number of guanidine groups is 2. The van der Waals surface area contributed by atoms with E-state index in [1.807, 2.05) is 13.8 Å². The molecule has 1 saturated heterocycles. The largest absolute Gasteiger partial charge is 0.370 e. The summed E-state index contributed by atoms with van der Waals surface area (Å²) in [5, 5.41) is 10.8. The van der Waals surface area contributed by atoms with Gasteiger partial charge in [-0.3, -0.25) is 53.1 Å². The Labute approximate surface area is 369 Å². The Hall–Kier alpha value is -5.08. The number of rotatable bonds is 31. The van der Waals surface area contributed by atoms with Crippen molar-refractivity contribution in [2.45, 2.75) is 136 Å². The first-order valence-electron chi connectivity index (χ1n) is 21.3. The third-order valence-electron chi connectivity index (χ3n) is 10.3. The van der Waals surface area contributed by atoms with Gasteiger partial charge in [0.25, 0.3) is 0 Å². The highest BCUT2D eigenvalue weighted by atomic mass is 32.2. The van der Waals surface area contributed by atoms with Crippen LogP contribution in [0.3, 0.4) is 0 Å². The van der Waals surface area contributed by atoms with E-state index in [1.54, 1.807) is 13.2 Å². The number of nitrogens with one attached hydrogen (secondary N) is 4. The molecule has 1 rings (SSSR count). The number of thioether (sulfide) groups is 1. The van der Waals surface area contributed by atoms with Crippen molar-refractivity contribution in [1.82, 2.24) is 26.2 Å². The van der Waals surface area contributed by atoms with Gasteiger partial charge in [0, 0.05) is 76.3 Å². The molecule has 0 aliphatic carbocycles. The Morgan fingerprint density at radius 3 is 1.95 bits per heavy atom. The van der Waals surface area contributed by atoms with Crippen LogP contribution in [0.2, 0.25) is 0 Å². The monoisotopic (exact) mass is 894 g/mol. The summed E-state index contributed by atoms with van der Waals surface area (Å²) in [5.41, 5.74) is 21.6. The van der Waals surface area contributed by atoms with Crippen LogP contribution in [0.4, 0.5) is 0 Å². The van der Waals surface area contributed by atoms with Gasteiger partial charge in [-0.05, 0) is 57.1 Å². The van der Waals surface area contributed by atoms with Crippen LogP contribution in [-0.2, 0) is 43.2 Å². The molecule has 0 saturated carbocycles. The van der Waals surface area contributed by atoms with E-state index in [-0.39, 0.29) is 99.1 Å². The normalized spacial score (nSPS) is 15.9. The van der Waals surface area contributed by atoms with E-state index < -0.39 is 77.7 Å². The molecule has 1 aliphatic heterocycles. The second-order valence-corrected chi connectivity index (χ2v) is 17.0. The number of nitrogens with zero attached hydrogens (tertiary/aromatic N) is 3. The summed E-state index contributed by atoms with van der Waals surface area (Å²) in [6.07, 6.45) is 3.80. The highest BCUT2D eigenvalue weighted by Crippen LogP contribution is 2.19. The van der Waals surface area contributed by atoms with E-state index in [0.717, 1.165) is 0 Å². The Bertz CT molecular complexity index is 1620. The molecule has 62 heavy (non-hydrogen) atoms. The van der Waals surface area contributed by atoms with Crippen molar-refractivity contribution in [3.8, 4) is 0 Å². The third kappa shape index (κ3) is 21.6. The van der Waals surface area contributed by atoms with E-state index in [0.29, 0.717) is 38.6 Å². The standard InChI is InChI=1S/C41H71N11O9S/c1-7-33(55)29(12-9-17-47-41(44)45)50-38(60)27(11-8-16-46-40(42)43)21-28(54)22-48-37(59)25(4)20-35(57)31(23-62-6)49-36(58)15-14-34(56)30(19-24(2)3)51-39(61)32-13-10-18-52(32)26(5)53/h24-25,27,29-32H,7-23H2,1-6H3,(H,48,59)(H,49,58)(H,50,60)(H,51,61)(H4,42,43,46)(H4,44,45,47)/t25-,27+,29-,30+,31+,32+/m1/s1. The van der Waals surface area contributed by atoms with Crippen molar-refractivity contribution in [2.24, 2.45) is 50.7 Å². The molecule has 6 atom stereocenters. The van der Waals surface area contributed by atoms with Crippen LogP contribution in [0.15, 0.2) is 9.98 Å². The number of amides is 5. The molecule has 0 unspecified atom stereocenters. The molecule has 0 bridgehead atoms. The SMILES string of the molecule is CCC(=O)[C@@H](CCCN=C(N)N)NC(=O)[C@@H](CCCN=C(N)N)CC(=O)CNC(=O)[C@H](C)CC(=O)[C@H](CSC)NC(=O)CCC(=O)[C@H](CC(C)C)NC(=O)[C@@H]1CCCN1C(C)=O. The Morgan fingerprint density at radius 2 is 1.39 bits per heavy atom. The number of hydrogen-bond donors (Lipinski definition) is 8. The maximum absolute atomic E-state index is 13.4. The average Bonchev–Trinajstić information content (AvgIpc) is 3.71. The van der Waals surface area contributed by atoms with Crippen molar-refractivity contribution in [1.29, 1.82) is 0 Å². The first kappa shape index (κ1) is 54.9. The van der Waals surface area contributed by atoms with Crippen LogP contribution >= 0.6 is 11.8 Å². The minimum absolute atomic E-state index is 0.0548. The molecule has 5 amide bonds. The molecule has 0 spiro atoms. The number of ketones is 4. The zero-order valence-electron chi connectivity index (χ0n) is 37.3. The molecule has 12 N–H and O–H groups in total. The topological polar surface area (TPSA) is 334 Å². The number of aliphatic imine (C=N–C) groups is 2. The van der Waals surface area contributed by atoms with Gasteiger partial charge in [0.15, 0.2) is 35.1 Å². The molecule has 1 aliphatic rings. The van der Waals surface area contributed by atoms with Gasteiger partial charge in [0.05, 0.1) is 24.7 Å². The Morgan fingerprint density at radius 1 is 0.758 bits per heavy atom. The summed E-state index contributed by atoms with van der Waals surface area (Å²) in [4.78, 5) is 126. The fourth-order valence-electron chi connectivity index (χ4n) is 6.95. The maximum atomic E-state index is 13.4. The lowest BCUT2D eigenvalue weighted by atomic mass is 9.94. The van der Waals surface area contributed by atoms with E-state index in [2.05, 4.69) is 31.3 Å². The van der Waals surface area contributed by atoms with Gasteiger partial charge in [-0.2, -0.15) is 11.8 Å². The summed E-state index contributed by atoms with van der Waals surface area (Å²) < 4.78 is 0. The van der Waals surface area contributed by atoms with E-state index in [4.69, 9.17) is 22.9 Å². The molecule has 0 aromatic rings. The van der Waals surface area contributed by atoms with Gasteiger partial charge < -0.3 is 49.1 Å². The minimum atomic E-state index is -0.955. The minimum Gasteiger partial charge on any atom is -0.370 e. The molecule has 1 heterocycles. The van der Waals surface area contributed by atoms with Crippen molar-refractivity contribution in [3.05, 3.63) is 0 Å². The zero-order chi connectivity index (χ0) is 46.9. The van der Waals surface area contributed by atoms with Gasteiger partial charge in [-0.1, -0.05) is 27.7 Å². The highest BCUT2D eigenvalue weighted by molar-refractivity contribution is 7.98. The predicted octanol–water partition coefficient (Wildman–Crippen LogP) is -0.417. The number of carbonyl (C=O) groups is 9. The molecule has 21 heteroatoms. The third-order valence-corrected chi connectivity index (χ3v) is 11.0. The molecule has 0 aromatic carbocycles. The van der Waals surface area contributed by atoms with Crippen LogP contribution in [0.25, 0.3) is 0 Å². The number of nitrogens with two attached hydrogens (primary N) is 4. The second-order valence-electron chi connectivity index (χ2n) is 16.1. The fraction of sp³-hybridized carbons (Fsp3) is 0.732. The maximum Gasteiger partial charge on any atom is 0.243 e. The average molecular weight is 894 g/mol. The molecule has 350 valence electrons. The lowest BCUT2D eigenvalue weighted by Crippen LogP contribution is -2.51. The second kappa shape index (κ2) is 29.3. The smallest absolute Gasteiger partial charge is 0.243 e. The Kier molecular flexibility index (Phi) is 25.9. The number of carbonyl (C=O) groups excluding carboxylic acids is 9. The lowest BCUT2D eigenvalue weighted by molar-refractivity contribution is -0.138. The van der Waals surface area contributed by atoms with Gasteiger partial charge in [0.2, 0.25) is 29.5 Å². The van der Waals surface area contributed by atoms with Crippen molar-refractivity contribution in [2.75, 3.05) is 38.2 Å². The first-order chi connectivity index (χ1) is 29.2. The summed E-state index contributed by atoms with van der Waals surface area (Å²) in [5.74, 6) is -5.38. The first-order valence-corrected chi connectivity index (χ1v) is 22.7. The molecule has 0 radical (unpaired) electrons. The van der Waals surface area contributed by atoms with Crippen LogP contribution in [0, 0.1) is 17.8 Å². The van der Waals surface area contributed by atoms with E-state index in [9.17, 15) is 43.2 Å². The van der Waals surface area contributed by atoms with Crippen molar-refractivity contribution >= 4 is 76.3 Å². The number of hydrogen-bond acceptors (Lipinski definition) is 12. The number of Topliss-reactive ketones (excluding diaryl/α,β-unsaturated/α-hetero) is 4. The van der Waals surface area contributed by atoms with E-state index in [1.165, 1.54) is 30.5 Å². The van der Waals surface area contributed by atoms with Gasteiger partial charge in [-0.15, -0.1) is 0 Å². The van der Waals surface area contributed by atoms with Gasteiger partial charge in [-0.25, -0.2) is 0 Å². The summed E-state index contributed by atoms with van der Waals surface area (Å²) in [6.45, 7) is 8.91. The summed E-state index contributed by atoms with van der Waals surface area (Å²) in [7, 11) is 0. The van der Waals surface area contributed by atoms with Crippen LogP contribution in [0.5, 0.6) is 0 Å². The predicted molar refractivity (Wildman–Crippen MR) is 238 cm³/mol. The van der Waals surface area contributed by atoms with Crippen molar-refractivity contribution < 1.29 is 43.2 Å². The molecular weight excluding hydrogens is 823 g/mol. The quantitative estimate of drug-likeness (QED) is 0.0249. The zero-order valence-corrected chi connectivity index (χ0v) is 38.1. The van der Waals surface area contributed by atoms with Crippen LogP contribution in [0.1, 0.15) is 112 Å². The molecule has 20 nitrogen and oxygen atoms in total. The van der Waals surface area contributed by atoms with Gasteiger partial charge in [0.1, 0.15) is 6.04 Å².